The minimum absolute atomic E-state index is 0.0158. The zero-order valence-corrected chi connectivity index (χ0v) is 75.3. The maximum atomic E-state index is 15.7. The number of ether oxygens (including phenoxy) is 1. The molecule has 0 radical (unpaired) electrons. The lowest BCUT2D eigenvalue weighted by atomic mass is 9.99. The fourth-order valence-electron chi connectivity index (χ4n) is 16.5. The molecule has 3 aliphatic heterocycles. The molecule has 4 heterocycles. The Morgan fingerprint density at radius 3 is 1.51 bits per heavy atom. The molecule has 6 aromatic carbocycles. The predicted molar refractivity (Wildman–Crippen MR) is 487 cm³/mol. The monoisotopic (exact) mass is 1820 g/mol. The molecule has 131 heavy (non-hydrogen) atoms. The molecule has 15 amide bonds. The number of nitrogens with one attached hydrogen (secondary N) is 10. The number of hydrogen-bond donors (Lipinski definition) is 13. The number of rotatable bonds is 23. The number of aromatic hydroxyl groups is 2. The largest absolute Gasteiger partial charge is 0.508 e. The second-order valence-electron chi connectivity index (χ2n) is 33.8. The smallest absolute Gasteiger partial charge is 0.293 e. The summed E-state index contributed by atoms with van der Waals surface area (Å²) in [5.74, 6) is -14.1. The van der Waals surface area contributed by atoms with E-state index in [0.717, 1.165) is 16.7 Å². The second-order valence-corrected chi connectivity index (χ2v) is 34.8. The highest BCUT2D eigenvalue weighted by atomic mass is 32.2. The van der Waals surface area contributed by atoms with Crippen molar-refractivity contribution < 1.29 is 91.7 Å². The predicted octanol–water partition coefficient (Wildman–Crippen LogP) is 2.45. The molecule has 14 N–H and O–H groups in total. The molecule has 10 rings (SSSR count). The van der Waals surface area contributed by atoms with Crippen LogP contribution in [0.15, 0.2) is 170 Å². The second kappa shape index (κ2) is 48.1. The molecule has 1 aromatic heterocycles. The van der Waals surface area contributed by atoms with Crippen molar-refractivity contribution in [3.8, 4) is 11.5 Å². The molecule has 3 aliphatic rings. The fraction of sp³-hybridized carbons (Fsp3) is 0.432. The van der Waals surface area contributed by atoms with E-state index in [-0.39, 0.29) is 120 Å². The number of H-pyrrole nitrogens is 1. The lowest BCUT2D eigenvalue weighted by Crippen LogP contribution is -2.61. The Bertz CT molecular complexity index is 5170. The molecule has 3 saturated heterocycles. The fourth-order valence-corrected chi connectivity index (χ4v) is 17.4. The number of aromatic nitrogens is 1. The quantitative estimate of drug-likeness (QED) is 0.0409. The standard InChI is InChI=1S/C95H118N16O19S/c1-8-9-31-78-95(129)111-43-22-33-77(111)89(123)105-74(53-130-56-112)87(121)99-58(4)91(125)108(6)79(48-60-25-15-11-16-26-60)90(124)104-73(47-63-36-40-66(114)41-37-63)93(127)110-42-21-32-76(110)88(122)103-71(50-64-51-97-68-30-20-19-29-67(64)68)86(120)102-70(45-62-34-38-65(113)39-35-62)85(119)101-69(44-57(2)3)84(118)106-75(83(117)98-52-81(96)115)54-131-55-82(116)100-72(46-59-23-13-10-14-24-59)92(126)109(7)80(94(128)107(78)5)49-61-27-17-12-18-28-61/h10-20,23-30,34-41,51,56-58,69-80,97,113-114H,8-9,21-22,31-33,42-50,52-55H2,1-7H3,(H2,96,115)(H,98,117)(H,99,121)(H,100,116)(H,101,119)(H,102,120)(H,103,122)(H,104,124)(H,105,123)(H,106,118)/t58-,69-,70-,71-,72-,73-,74-,75-,76+,77+,78-,79-,80-/m0/s1. The van der Waals surface area contributed by atoms with Gasteiger partial charge in [-0.25, -0.2) is 0 Å². The first-order valence-electron chi connectivity index (χ1n) is 44.0. The van der Waals surface area contributed by atoms with Crippen LogP contribution < -0.4 is 53.6 Å². The third-order valence-electron chi connectivity index (χ3n) is 23.6. The first-order chi connectivity index (χ1) is 62.8. The highest BCUT2D eigenvalue weighted by molar-refractivity contribution is 8.00. The van der Waals surface area contributed by atoms with Crippen LogP contribution in [0.2, 0.25) is 0 Å². The summed E-state index contributed by atoms with van der Waals surface area (Å²) in [5.41, 5.74) is 9.31. The number of fused-ring (bicyclic) bond motifs is 3. The summed E-state index contributed by atoms with van der Waals surface area (Å²) in [5, 5.41) is 46.1. The van der Waals surface area contributed by atoms with Gasteiger partial charge in [0.15, 0.2) is 0 Å². The molecule has 13 atom stereocenters. The molecule has 36 heteroatoms. The number of hydrogen-bond acceptors (Lipinski definition) is 20. The van der Waals surface area contributed by atoms with Crippen LogP contribution in [0.5, 0.6) is 11.5 Å². The van der Waals surface area contributed by atoms with Crippen molar-refractivity contribution in [1.29, 1.82) is 0 Å². The number of phenolic OH excluding ortho intramolecular Hbond substituents is 2. The number of nitrogens with two attached hydrogens (primary N) is 1. The van der Waals surface area contributed by atoms with E-state index >= 15 is 47.9 Å². The topological polar surface area (TPSA) is 489 Å². The Morgan fingerprint density at radius 2 is 0.954 bits per heavy atom. The van der Waals surface area contributed by atoms with Crippen LogP contribution in [0, 0.1) is 5.92 Å². The lowest BCUT2D eigenvalue weighted by molar-refractivity contribution is -0.152. The van der Waals surface area contributed by atoms with Crippen LogP contribution in [0.4, 0.5) is 0 Å². The van der Waals surface area contributed by atoms with Gasteiger partial charge < -0.3 is 98.0 Å². The van der Waals surface area contributed by atoms with Gasteiger partial charge >= 0.3 is 0 Å². The summed E-state index contributed by atoms with van der Waals surface area (Å²) in [6.45, 7) is 5.30. The molecule has 0 unspecified atom stereocenters. The van der Waals surface area contributed by atoms with Crippen molar-refractivity contribution in [2.75, 3.05) is 58.9 Å². The summed E-state index contributed by atoms with van der Waals surface area (Å²) < 4.78 is 5.10. The van der Waals surface area contributed by atoms with Gasteiger partial charge in [0.05, 0.1) is 12.3 Å². The van der Waals surface area contributed by atoms with E-state index in [1.165, 1.54) is 96.2 Å². The molecule has 0 aliphatic carbocycles. The number of nitrogens with zero attached hydrogens (tertiary/aromatic N) is 5. The highest BCUT2D eigenvalue weighted by Gasteiger charge is 2.46. The van der Waals surface area contributed by atoms with E-state index in [0.29, 0.717) is 57.1 Å². The minimum Gasteiger partial charge on any atom is -0.508 e. The summed E-state index contributed by atoms with van der Waals surface area (Å²) in [7, 11) is 4.13. The number of carbonyl (C=O) groups excluding carboxylic acids is 16. The Hall–Kier alpha value is -13.7. The summed E-state index contributed by atoms with van der Waals surface area (Å²) in [6, 6.07) is 25.8. The molecule has 35 nitrogen and oxygen atoms in total. The number of thioether (sulfide) groups is 1. The van der Waals surface area contributed by atoms with Gasteiger partial charge in [-0.05, 0) is 115 Å². The van der Waals surface area contributed by atoms with Gasteiger partial charge in [0.2, 0.25) is 88.6 Å². The van der Waals surface area contributed by atoms with Gasteiger partial charge in [-0.2, -0.15) is 0 Å². The molecule has 0 saturated carbocycles. The molecule has 3 fully saturated rings. The van der Waals surface area contributed by atoms with Gasteiger partial charge in [0.25, 0.3) is 6.47 Å². The van der Waals surface area contributed by atoms with Crippen LogP contribution in [-0.2, 0) is 120 Å². The Labute approximate surface area is 764 Å². The number of primary amides is 1. The van der Waals surface area contributed by atoms with Gasteiger partial charge in [-0.1, -0.05) is 167 Å². The van der Waals surface area contributed by atoms with Gasteiger partial charge in [0, 0.05) is 95.6 Å². The average Bonchev–Trinajstić information content (AvgIpc) is 1.79. The third kappa shape index (κ3) is 27.9. The number of likely N-dealkylation sites (N-methyl/N-ethyl adjacent to an activating group) is 3. The normalized spacial score (nSPS) is 23.6. The molecule has 7 aromatic rings. The van der Waals surface area contributed by atoms with Crippen molar-refractivity contribution in [1.82, 2.24) is 77.3 Å². The number of benzene rings is 6. The first kappa shape index (κ1) is 99.5. The molecule has 0 bridgehead atoms. The highest BCUT2D eigenvalue weighted by Crippen LogP contribution is 2.28. The van der Waals surface area contributed by atoms with E-state index in [4.69, 9.17) is 10.5 Å². The van der Waals surface area contributed by atoms with E-state index in [9.17, 15) is 39.0 Å². The number of amides is 15. The van der Waals surface area contributed by atoms with Crippen LogP contribution in [0.1, 0.15) is 112 Å². The molecular weight excluding hydrogens is 1700 g/mol. The zero-order chi connectivity index (χ0) is 94.5. The number of carbonyl (C=O) groups is 16. The number of phenols is 2. The van der Waals surface area contributed by atoms with Crippen molar-refractivity contribution in [2.24, 2.45) is 11.7 Å². The number of unbranched alkanes of at least 4 members (excludes halogenated alkanes) is 1. The SMILES string of the molecule is CCCC[C@H]1C(=O)N2CCC[C@@H]2C(=O)N[C@@H](COC=O)C(=O)N[C@@H](C)C(=O)N(C)[C@@H](Cc2ccccc2)C(=O)N[C@@H](Cc2ccc(O)cc2)C(=O)N2CCC[C@@H]2C(=O)N[C@@H](Cc2c[nH]c3ccccc23)C(=O)N[C@@H](Cc2ccc(O)cc2)C(=O)N[C@@H](CC(C)C)C(=O)N[C@H](C(=O)NCC(N)=O)CSCC(=O)N[C@@H](Cc2ccccc2)C(=O)N(C)[C@@H](Cc2ccccc2)C(=O)N1C. The number of aromatic amines is 1. The number of para-hydroxylation sites is 1. The van der Waals surface area contributed by atoms with Crippen molar-refractivity contribution in [2.45, 2.75) is 196 Å². The van der Waals surface area contributed by atoms with Crippen molar-refractivity contribution >= 4 is 118 Å². The van der Waals surface area contributed by atoms with Crippen molar-refractivity contribution in [3.05, 3.63) is 203 Å². The molecular formula is C95H118N16O19S. The Kier molecular flexibility index (Phi) is 36.5. The summed E-state index contributed by atoms with van der Waals surface area (Å²) >= 11 is 0.846. The van der Waals surface area contributed by atoms with Crippen LogP contribution in [0.3, 0.4) is 0 Å². The zero-order valence-electron chi connectivity index (χ0n) is 74.5. The summed E-state index contributed by atoms with van der Waals surface area (Å²) in [6.07, 6.45) is 2.10. The third-order valence-corrected chi connectivity index (χ3v) is 24.7. The Balaban J connectivity index is 1.03. The van der Waals surface area contributed by atoms with Crippen LogP contribution in [-0.4, -0.2) is 272 Å². The maximum Gasteiger partial charge on any atom is 0.293 e. The van der Waals surface area contributed by atoms with Gasteiger partial charge in [-0.15, -0.1) is 11.8 Å². The van der Waals surface area contributed by atoms with Crippen LogP contribution >= 0.6 is 11.8 Å². The lowest BCUT2D eigenvalue weighted by Gasteiger charge is -2.38. The van der Waals surface area contributed by atoms with Gasteiger partial charge in [-0.3, -0.25) is 76.7 Å². The minimum atomic E-state index is -1.71. The van der Waals surface area contributed by atoms with Crippen LogP contribution in [0.25, 0.3) is 10.9 Å². The average molecular weight is 1820 g/mol. The first-order valence-corrected chi connectivity index (χ1v) is 45.2. The Morgan fingerprint density at radius 1 is 0.496 bits per heavy atom. The summed E-state index contributed by atoms with van der Waals surface area (Å²) in [4.78, 5) is 246. The van der Waals surface area contributed by atoms with Crippen molar-refractivity contribution in [3.63, 3.8) is 0 Å². The van der Waals surface area contributed by atoms with E-state index in [2.05, 4.69) is 52.8 Å². The van der Waals surface area contributed by atoms with Gasteiger partial charge in [0.1, 0.15) is 96.6 Å². The molecule has 0 spiro atoms. The van der Waals surface area contributed by atoms with E-state index in [1.54, 1.807) is 135 Å². The maximum absolute atomic E-state index is 15.7. The van der Waals surface area contributed by atoms with E-state index in [1.807, 2.05) is 6.92 Å². The van der Waals surface area contributed by atoms with E-state index < -0.39 is 186 Å². The molecule has 698 valence electrons.